The van der Waals surface area contributed by atoms with Crippen LogP contribution in [-0.2, 0) is 4.79 Å². The van der Waals surface area contributed by atoms with E-state index in [4.69, 9.17) is 6.42 Å². The number of carbonyl (C=O) groups is 1. The Bertz CT molecular complexity index is 210. The summed E-state index contributed by atoms with van der Waals surface area (Å²) in [6, 6.07) is -0.0380. The van der Waals surface area contributed by atoms with Gasteiger partial charge in [-0.3, -0.25) is 4.79 Å². The first-order chi connectivity index (χ1) is 5.91. The molecule has 1 unspecified atom stereocenters. The molecule has 3 nitrogen and oxygen atoms in total. The highest BCUT2D eigenvalue weighted by molar-refractivity contribution is 5.84. The lowest BCUT2D eigenvalue weighted by molar-refractivity contribution is -0.137. The van der Waals surface area contributed by atoms with Crippen molar-refractivity contribution in [3.8, 4) is 12.3 Å². The molecule has 0 aliphatic rings. The van der Waals surface area contributed by atoms with Crippen LogP contribution in [0.25, 0.3) is 0 Å². The molecule has 0 bridgehead atoms. The van der Waals surface area contributed by atoms with E-state index in [0.29, 0.717) is 6.42 Å². The fourth-order valence-corrected chi connectivity index (χ4v) is 0.802. The van der Waals surface area contributed by atoms with Crippen LogP contribution in [0.4, 0.5) is 0 Å². The second-order valence-corrected chi connectivity index (χ2v) is 3.55. The van der Waals surface area contributed by atoms with Crippen LogP contribution >= 0.6 is 0 Å². The van der Waals surface area contributed by atoms with E-state index in [2.05, 4.69) is 11.2 Å². The van der Waals surface area contributed by atoms with E-state index in [9.17, 15) is 9.90 Å². The van der Waals surface area contributed by atoms with Crippen LogP contribution in [0, 0.1) is 12.3 Å². The van der Waals surface area contributed by atoms with Gasteiger partial charge < -0.3 is 10.4 Å². The van der Waals surface area contributed by atoms with Gasteiger partial charge in [-0.05, 0) is 20.3 Å². The van der Waals surface area contributed by atoms with Gasteiger partial charge in [0.25, 0.3) is 5.91 Å². The first-order valence-corrected chi connectivity index (χ1v) is 4.38. The van der Waals surface area contributed by atoms with E-state index in [1.807, 2.05) is 6.92 Å². The molecule has 0 spiro atoms. The third kappa shape index (κ3) is 4.54. The van der Waals surface area contributed by atoms with Crippen molar-refractivity contribution in [1.82, 2.24) is 5.32 Å². The first-order valence-electron chi connectivity index (χ1n) is 4.38. The average Bonchev–Trinajstić information content (AvgIpc) is 2.01. The van der Waals surface area contributed by atoms with Gasteiger partial charge >= 0.3 is 0 Å². The van der Waals surface area contributed by atoms with Crippen LogP contribution in [0.5, 0.6) is 0 Å². The number of rotatable bonds is 4. The Kier molecular flexibility index (Phi) is 4.50. The Morgan fingerprint density at radius 3 is 2.54 bits per heavy atom. The van der Waals surface area contributed by atoms with Gasteiger partial charge in [-0.1, -0.05) is 6.92 Å². The van der Waals surface area contributed by atoms with Crippen molar-refractivity contribution >= 4 is 5.91 Å². The minimum atomic E-state index is -1.33. The van der Waals surface area contributed by atoms with E-state index in [1.54, 1.807) is 0 Å². The van der Waals surface area contributed by atoms with Crippen LogP contribution in [0.1, 0.15) is 33.6 Å². The maximum atomic E-state index is 11.3. The van der Waals surface area contributed by atoms with Gasteiger partial charge in [0.1, 0.15) is 5.60 Å². The normalized spacial score (nSPS) is 13.2. The van der Waals surface area contributed by atoms with Gasteiger partial charge in [0.05, 0.1) is 0 Å². The quantitative estimate of drug-likeness (QED) is 0.629. The molecule has 13 heavy (non-hydrogen) atoms. The zero-order valence-electron chi connectivity index (χ0n) is 8.42. The first kappa shape index (κ1) is 12.0. The minimum absolute atomic E-state index is 0.0380. The lowest BCUT2D eigenvalue weighted by atomic mass is 10.1. The Hall–Kier alpha value is -1.01. The topological polar surface area (TPSA) is 49.3 Å². The molecule has 0 aliphatic heterocycles. The van der Waals surface area contributed by atoms with E-state index in [0.717, 1.165) is 6.42 Å². The molecule has 1 amide bonds. The van der Waals surface area contributed by atoms with Crippen LogP contribution in [0.15, 0.2) is 0 Å². The number of nitrogens with one attached hydrogen (secondary N) is 1. The molecule has 0 aromatic rings. The van der Waals surface area contributed by atoms with Crippen molar-refractivity contribution < 1.29 is 9.90 Å². The Morgan fingerprint density at radius 2 is 2.23 bits per heavy atom. The maximum Gasteiger partial charge on any atom is 0.251 e. The monoisotopic (exact) mass is 183 g/mol. The van der Waals surface area contributed by atoms with Gasteiger partial charge in [0.15, 0.2) is 0 Å². The predicted octanol–water partition coefficient (Wildman–Crippen LogP) is 0.675. The SMILES string of the molecule is C#CCC(CC)NC(=O)C(C)(C)O. The summed E-state index contributed by atoms with van der Waals surface area (Å²) >= 11 is 0. The number of amides is 1. The summed E-state index contributed by atoms with van der Waals surface area (Å²) in [4.78, 5) is 11.3. The van der Waals surface area contributed by atoms with Gasteiger partial charge in [-0.25, -0.2) is 0 Å². The number of hydrogen-bond donors (Lipinski definition) is 2. The van der Waals surface area contributed by atoms with Crippen molar-refractivity contribution in [2.45, 2.75) is 45.3 Å². The van der Waals surface area contributed by atoms with Crippen molar-refractivity contribution in [2.24, 2.45) is 0 Å². The summed E-state index contributed by atoms with van der Waals surface area (Å²) in [5.41, 5.74) is -1.33. The minimum Gasteiger partial charge on any atom is -0.381 e. The van der Waals surface area contributed by atoms with Crippen molar-refractivity contribution in [1.29, 1.82) is 0 Å². The highest BCUT2D eigenvalue weighted by Gasteiger charge is 2.25. The molecule has 0 fully saturated rings. The molecule has 2 N–H and O–H groups in total. The third-order valence-corrected chi connectivity index (χ3v) is 1.75. The smallest absolute Gasteiger partial charge is 0.251 e. The summed E-state index contributed by atoms with van der Waals surface area (Å²) < 4.78 is 0. The Balaban J connectivity index is 4.11. The second kappa shape index (κ2) is 4.88. The van der Waals surface area contributed by atoms with E-state index >= 15 is 0 Å². The highest BCUT2D eigenvalue weighted by Crippen LogP contribution is 2.03. The molecular weight excluding hydrogens is 166 g/mol. The van der Waals surface area contributed by atoms with Gasteiger partial charge in [0.2, 0.25) is 0 Å². The fraction of sp³-hybridized carbons (Fsp3) is 0.700. The van der Waals surface area contributed by atoms with Crippen LogP contribution in [0.2, 0.25) is 0 Å². The van der Waals surface area contributed by atoms with Gasteiger partial charge in [-0.15, -0.1) is 12.3 Å². The summed E-state index contributed by atoms with van der Waals surface area (Å²) in [7, 11) is 0. The lowest BCUT2D eigenvalue weighted by Crippen LogP contribution is -2.46. The molecule has 3 heteroatoms. The van der Waals surface area contributed by atoms with Crippen molar-refractivity contribution in [2.75, 3.05) is 0 Å². The van der Waals surface area contributed by atoms with Gasteiger partial charge in [0, 0.05) is 12.5 Å². The zero-order chi connectivity index (χ0) is 10.5. The standard InChI is InChI=1S/C10H17NO2/c1-5-7-8(6-2)11-9(12)10(3,4)13/h1,8,13H,6-7H2,2-4H3,(H,11,12). The average molecular weight is 183 g/mol. The zero-order valence-corrected chi connectivity index (χ0v) is 8.42. The molecule has 0 heterocycles. The molecular formula is C10H17NO2. The van der Waals surface area contributed by atoms with Crippen LogP contribution in [-0.4, -0.2) is 22.7 Å². The summed E-state index contributed by atoms with van der Waals surface area (Å²) in [5.74, 6) is 2.10. The fourth-order valence-electron chi connectivity index (χ4n) is 0.802. The van der Waals surface area contributed by atoms with E-state index in [-0.39, 0.29) is 11.9 Å². The summed E-state index contributed by atoms with van der Waals surface area (Å²) in [6.07, 6.45) is 6.39. The molecule has 1 atom stereocenters. The van der Waals surface area contributed by atoms with E-state index in [1.165, 1.54) is 13.8 Å². The van der Waals surface area contributed by atoms with E-state index < -0.39 is 5.60 Å². The Labute approximate surface area is 79.5 Å². The number of terminal acetylenes is 1. The maximum absolute atomic E-state index is 11.3. The predicted molar refractivity (Wildman–Crippen MR) is 52.0 cm³/mol. The number of aliphatic hydroxyl groups is 1. The molecule has 0 saturated carbocycles. The molecule has 0 aromatic heterocycles. The molecule has 74 valence electrons. The summed E-state index contributed by atoms with van der Waals surface area (Å²) in [6.45, 7) is 4.84. The molecule has 0 aliphatic carbocycles. The molecule has 0 radical (unpaired) electrons. The van der Waals surface area contributed by atoms with Gasteiger partial charge in [-0.2, -0.15) is 0 Å². The molecule has 0 aromatic carbocycles. The Morgan fingerprint density at radius 1 is 1.69 bits per heavy atom. The largest absolute Gasteiger partial charge is 0.381 e. The molecule has 0 saturated heterocycles. The van der Waals surface area contributed by atoms with Crippen molar-refractivity contribution in [3.05, 3.63) is 0 Å². The van der Waals surface area contributed by atoms with Crippen LogP contribution in [0.3, 0.4) is 0 Å². The van der Waals surface area contributed by atoms with Crippen molar-refractivity contribution in [3.63, 3.8) is 0 Å². The highest BCUT2D eigenvalue weighted by atomic mass is 16.3. The lowest BCUT2D eigenvalue weighted by Gasteiger charge is -2.21. The third-order valence-electron chi connectivity index (χ3n) is 1.75. The van der Waals surface area contributed by atoms with Crippen LogP contribution < -0.4 is 5.32 Å². The summed E-state index contributed by atoms with van der Waals surface area (Å²) in [5, 5.41) is 12.0. The number of hydrogen-bond acceptors (Lipinski definition) is 2. The second-order valence-electron chi connectivity index (χ2n) is 3.55. The molecule has 0 rings (SSSR count). The number of carbonyl (C=O) groups excluding carboxylic acids is 1.